The summed E-state index contributed by atoms with van der Waals surface area (Å²) in [5.74, 6) is -0.570. The first-order chi connectivity index (χ1) is 7.52. The average Bonchev–Trinajstić information content (AvgIpc) is 2.25. The number of hydrogen-bond acceptors (Lipinski definition) is 2. The lowest BCUT2D eigenvalue weighted by atomic mass is 9.80. The van der Waals surface area contributed by atoms with Gasteiger partial charge in [-0.05, 0) is 12.8 Å². The first-order valence-electron chi connectivity index (χ1n) is 5.50. The van der Waals surface area contributed by atoms with Gasteiger partial charge in [0.2, 0.25) is 5.91 Å². The number of halogens is 2. The minimum Gasteiger partial charge on any atom is -0.349 e. The van der Waals surface area contributed by atoms with Crippen LogP contribution in [0, 0.1) is 16.7 Å². The number of alkyl halides is 2. The molecular formula is C11H18F2N2O. The van der Waals surface area contributed by atoms with Gasteiger partial charge < -0.3 is 5.32 Å². The van der Waals surface area contributed by atoms with Crippen molar-refractivity contribution < 1.29 is 13.6 Å². The van der Waals surface area contributed by atoms with Crippen molar-refractivity contribution >= 4 is 5.91 Å². The Labute approximate surface area is 94.8 Å². The first-order valence-corrected chi connectivity index (χ1v) is 5.50. The van der Waals surface area contributed by atoms with Gasteiger partial charge in [-0.2, -0.15) is 5.26 Å². The maximum Gasteiger partial charge on any atom is 0.255 e. The molecule has 5 heteroatoms. The van der Waals surface area contributed by atoms with E-state index >= 15 is 0 Å². The van der Waals surface area contributed by atoms with Gasteiger partial charge in [-0.1, -0.05) is 26.7 Å². The predicted molar refractivity (Wildman–Crippen MR) is 56.9 cm³/mol. The highest BCUT2D eigenvalue weighted by atomic mass is 19.3. The van der Waals surface area contributed by atoms with Gasteiger partial charge in [0.15, 0.2) is 0 Å². The largest absolute Gasteiger partial charge is 0.349 e. The van der Waals surface area contributed by atoms with Crippen LogP contribution in [-0.2, 0) is 4.79 Å². The molecule has 0 aliphatic carbocycles. The zero-order valence-electron chi connectivity index (χ0n) is 9.72. The van der Waals surface area contributed by atoms with Gasteiger partial charge in [0.1, 0.15) is 5.41 Å². The number of nitrogens with zero attached hydrogens (tertiary/aromatic N) is 1. The molecule has 0 spiro atoms. The van der Waals surface area contributed by atoms with Crippen LogP contribution in [0.5, 0.6) is 0 Å². The zero-order valence-corrected chi connectivity index (χ0v) is 9.72. The Balaban J connectivity index is 4.61. The fraction of sp³-hybridized carbons (Fsp3) is 0.818. The lowest BCUT2D eigenvalue weighted by Crippen LogP contribution is -2.42. The number of nitrogens with one attached hydrogen (secondary N) is 1. The lowest BCUT2D eigenvalue weighted by molar-refractivity contribution is -0.129. The summed E-state index contributed by atoms with van der Waals surface area (Å²) in [6.45, 7) is 3.04. The quantitative estimate of drug-likeness (QED) is 0.733. The number of carbonyl (C=O) groups is 1. The highest BCUT2D eigenvalue weighted by Gasteiger charge is 2.36. The molecule has 0 atom stereocenters. The molecule has 0 saturated heterocycles. The van der Waals surface area contributed by atoms with Crippen molar-refractivity contribution in [3.05, 3.63) is 0 Å². The van der Waals surface area contributed by atoms with Crippen molar-refractivity contribution in [2.24, 2.45) is 5.41 Å². The molecule has 0 aromatic rings. The normalized spacial score (nSPS) is 11.2. The number of amides is 1. The van der Waals surface area contributed by atoms with Gasteiger partial charge in [-0.15, -0.1) is 0 Å². The molecule has 1 amide bonds. The van der Waals surface area contributed by atoms with Crippen LogP contribution in [0.4, 0.5) is 8.78 Å². The molecule has 0 fully saturated rings. The summed E-state index contributed by atoms with van der Waals surface area (Å²) in [7, 11) is 0. The molecule has 92 valence electrons. The van der Waals surface area contributed by atoms with Crippen LogP contribution in [0.1, 0.15) is 39.5 Å². The molecule has 0 rings (SSSR count). The first kappa shape index (κ1) is 14.8. The highest BCUT2D eigenvalue weighted by molar-refractivity contribution is 5.85. The van der Waals surface area contributed by atoms with Gasteiger partial charge in [0.05, 0.1) is 12.6 Å². The second kappa shape index (κ2) is 7.15. The molecular weight excluding hydrogens is 214 g/mol. The van der Waals surface area contributed by atoms with E-state index in [1.54, 1.807) is 0 Å². The van der Waals surface area contributed by atoms with Crippen LogP contribution in [0.15, 0.2) is 0 Å². The van der Waals surface area contributed by atoms with E-state index < -0.39 is 24.3 Å². The van der Waals surface area contributed by atoms with Crippen molar-refractivity contribution in [2.75, 3.05) is 6.54 Å². The Hall–Kier alpha value is -1.18. The summed E-state index contributed by atoms with van der Waals surface area (Å²) in [4.78, 5) is 11.7. The van der Waals surface area contributed by atoms with E-state index in [4.69, 9.17) is 5.26 Å². The molecule has 0 heterocycles. The van der Waals surface area contributed by atoms with Gasteiger partial charge in [-0.25, -0.2) is 8.78 Å². The van der Waals surface area contributed by atoms with Crippen LogP contribution < -0.4 is 5.32 Å². The monoisotopic (exact) mass is 232 g/mol. The molecule has 3 nitrogen and oxygen atoms in total. The summed E-state index contributed by atoms with van der Waals surface area (Å²) in [6.07, 6.45) is -0.409. The Morgan fingerprint density at radius 3 is 2.19 bits per heavy atom. The molecule has 0 aromatic heterocycles. The van der Waals surface area contributed by atoms with E-state index in [0.29, 0.717) is 25.7 Å². The van der Waals surface area contributed by atoms with Crippen LogP contribution in [0.2, 0.25) is 0 Å². The number of rotatable bonds is 7. The lowest BCUT2D eigenvalue weighted by Gasteiger charge is -2.24. The predicted octanol–water partition coefficient (Wildman–Crippen LogP) is 2.48. The maximum absolute atomic E-state index is 12.0. The Morgan fingerprint density at radius 1 is 1.38 bits per heavy atom. The third-order valence-electron chi connectivity index (χ3n) is 2.42. The molecule has 0 bridgehead atoms. The summed E-state index contributed by atoms with van der Waals surface area (Å²) in [5, 5.41) is 11.2. The van der Waals surface area contributed by atoms with Crippen LogP contribution in [-0.4, -0.2) is 18.9 Å². The smallest absolute Gasteiger partial charge is 0.255 e. The maximum atomic E-state index is 12.0. The molecule has 0 aromatic carbocycles. The Kier molecular flexibility index (Phi) is 6.63. The van der Waals surface area contributed by atoms with E-state index in [1.165, 1.54) is 0 Å². The molecule has 16 heavy (non-hydrogen) atoms. The number of carbonyl (C=O) groups excluding carboxylic acids is 1. The molecule has 0 aliphatic rings. The Morgan fingerprint density at radius 2 is 1.88 bits per heavy atom. The van der Waals surface area contributed by atoms with Crippen LogP contribution in [0.3, 0.4) is 0 Å². The minimum absolute atomic E-state index is 0.409. The molecule has 0 radical (unpaired) electrons. The van der Waals surface area contributed by atoms with Crippen molar-refractivity contribution in [3.8, 4) is 6.07 Å². The second-order valence-electron chi connectivity index (χ2n) is 3.80. The van der Waals surface area contributed by atoms with E-state index in [1.807, 2.05) is 19.9 Å². The Bertz CT molecular complexity index is 255. The zero-order chi connectivity index (χ0) is 12.6. The van der Waals surface area contributed by atoms with E-state index in [-0.39, 0.29) is 0 Å². The SMILES string of the molecule is CCCC(C#N)(CCC)C(=O)NCC(F)F. The fourth-order valence-electron chi connectivity index (χ4n) is 1.71. The summed E-state index contributed by atoms with van der Waals surface area (Å²) >= 11 is 0. The molecule has 0 aliphatic heterocycles. The second-order valence-corrected chi connectivity index (χ2v) is 3.80. The third-order valence-corrected chi connectivity index (χ3v) is 2.42. The fourth-order valence-corrected chi connectivity index (χ4v) is 1.71. The standard InChI is InChI=1S/C11H18F2N2O/c1-3-5-11(8-14,6-4-2)10(16)15-7-9(12)13/h9H,3-7H2,1-2H3,(H,15,16). The number of nitriles is 1. The molecule has 1 N–H and O–H groups in total. The van der Waals surface area contributed by atoms with Gasteiger partial charge in [0, 0.05) is 0 Å². The van der Waals surface area contributed by atoms with Crippen molar-refractivity contribution in [1.29, 1.82) is 5.26 Å². The topological polar surface area (TPSA) is 52.9 Å². The van der Waals surface area contributed by atoms with Crippen LogP contribution in [0.25, 0.3) is 0 Å². The van der Waals surface area contributed by atoms with E-state index in [9.17, 15) is 13.6 Å². The third kappa shape index (κ3) is 4.13. The van der Waals surface area contributed by atoms with Crippen molar-refractivity contribution in [1.82, 2.24) is 5.32 Å². The summed E-state index contributed by atoms with van der Waals surface area (Å²) in [6, 6.07) is 1.98. The van der Waals surface area contributed by atoms with E-state index in [2.05, 4.69) is 5.32 Å². The summed E-state index contributed by atoms with van der Waals surface area (Å²) in [5.41, 5.74) is -1.14. The van der Waals surface area contributed by atoms with Crippen molar-refractivity contribution in [2.45, 2.75) is 46.0 Å². The van der Waals surface area contributed by atoms with Crippen molar-refractivity contribution in [3.63, 3.8) is 0 Å². The van der Waals surface area contributed by atoms with Crippen LogP contribution >= 0.6 is 0 Å². The highest BCUT2D eigenvalue weighted by Crippen LogP contribution is 2.29. The average molecular weight is 232 g/mol. The van der Waals surface area contributed by atoms with E-state index in [0.717, 1.165) is 0 Å². The molecule has 0 saturated carbocycles. The number of hydrogen-bond donors (Lipinski definition) is 1. The van der Waals surface area contributed by atoms with Gasteiger partial charge in [-0.3, -0.25) is 4.79 Å². The summed E-state index contributed by atoms with van der Waals surface area (Å²) < 4.78 is 23.9. The minimum atomic E-state index is -2.58. The van der Waals surface area contributed by atoms with Gasteiger partial charge in [0.25, 0.3) is 6.43 Å². The van der Waals surface area contributed by atoms with Gasteiger partial charge >= 0.3 is 0 Å². The molecule has 0 unspecified atom stereocenters.